The van der Waals surface area contributed by atoms with Crippen molar-refractivity contribution in [2.45, 2.75) is 0 Å². The van der Waals surface area contributed by atoms with Gasteiger partial charge in [-0.15, -0.1) is 0 Å². The van der Waals surface area contributed by atoms with Gasteiger partial charge in [0.15, 0.2) is 0 Å². The smallest absolute Gasteiger partial charge is 0.277 e. The summed E-state index contributed by atoms with van der Waals surface area (Å²) in [5.41, 5.74) is 3.82. The number of nitrogen functional groups attached to an aromatic ring is 1. The molecule has 6 heteroatoms. The Kier molecular flexibility index (Phi) is 3.99. The molecule has 1 heterocycles. The minimum absolute atomic E-state index is 0.0625. The Hall–Kier alpha value is -3.25. The molecule has 6 nitrogen and oxygen atoms in total. The zero-order valence-corrected chi connectivity index (χ0v) is 12.1. The maximum absolute atomic E-state index is 12.2. The molecule has 0 spiro atoms. The third-order valence-corrected chi connectivity index (χ3v) is 3.45. The van der Waals surface area contributed by atoms with Crippen LogP contribution in [0, 0.1) is 0 Å². The molecule has 0 saturated heterocycles. The summed E-state index contributed by atoms with van der Waals surface area (Å²) in [7, 11) is 0. The van der Waals surface area contributed by atoms with Gasteiger partial charge in [0.1, 0.15) is 5.56 Å². The molecule has 114 valence electrons. The normalized spacial score (nSPS) is 10.3. The number of H-pyrrole nitrogens is 1. The number of benzene rings is 2. The number of aromatic amines is 1. The van der Waals surface area contributed by atoms with Gasteiger partial charge in [-0.25, -0.2) is 10.9 Å². The Morgan fingerprint density at radius 2 is 1.52 bits per heavy atom. The molecule has 0 atom stereocenters. The molecule has 0 aliphatic rings. The Bertz CT molecular complexity index is 889. The monoisotopic (exact) mass is 306 g/mol. The molecular weight excluding hydrogens is 292 g/mol. The van der Waals surface area contributed by atoms with Crippen molar-refractivity contribution in [3.8, 4) is 22.4 Å². The van der Waals surface area contributed by atoms with Crippen LogP contribution in [-0.4, -0.2) is 16.1 Å². The predicted octanol–water partition coefficient (Wildman–Crippen LogP) is 1.71. The molecule has 0 aliphatic carbocycles. The van der Waals surface area contributed by atoms with E-state index >= 15 is 0 Å². The Balaban J connectivity index is 2.38. The number of nitrogens with two attached hydrogens (primary N) is 1. The lowest BCUT2D eigenvalue weighted by molar-refractivity contribution is 0.0952. The second kappa shape index (κ2) is 6.25. The summed E-state index contributed by atoms with van der Waals surface area (Å²) in [5, 5.41) is 6.51. The van der Waals surface area contributed by atoms with Crippen molar-refractivity contribution in [1.29, 1.82) is 0 Å². The number of amides is 1. The fraction of sp³-hybridized carbons (Fsp3) is 0. The zero-order valence-electron chi connectivity index (χ0n) is 12.1. The van der Waals surface area contributed by atoms with Gasteiger partial charge < -0.3 is 0 Å². The Labute approximate surface area is 132 Å². The lowest BCUT2D eigenvalue weighted by atomic mass is 9.95. The molecule has 1 amide bonds. The topological polar surface area (TPSA) is 101 Å². The van der Waals surface area contributed by atoms with Crippen LogP contribution < -0.4 is 16.8 Å². The van der Waals surface area contributed by atoms with E-state index in [4.69, 9.17) is 5.84 Å². The van der Waals surface area contributed by atoms with Crippen LogP contribution in [-0.2, 0) is 0 Å². The van der Waals surface area contributed by atoms with Gasteiger partial charge >= 0.3 is 0 Å². The van der Waals surface area contributed by atoms with E-state index in [1.807, 2.05) is 66.1 Å². The highest BCUT2D eigenvalue weighted by Gasteiger charge is 2.22. The molecule has 3 rings (SSSR count). The van der Waals surface area contributed by atoms with E-state index in [1.165, 1.54) is 0 Å². The van der Waals surface area contributed by atoms with Gasteiger partial charge in [0.05, 0.1) is 5.69 Å². The standard InChI is InChI=1S/C17H14N4O2/c18-19-16(22)14-13(11-7-3-1-4-8-11)15(20-21-17(14)23)12-9-5-2-6-10-12/h1-10H,18H2,(H,19,22)(H,21,23). The summed E-state index contributed by atoms with van der Waals surface area (Å²) >= 11 is 0. The maximum atomic E-state index is 12.2. The Morgan fingerprint density at radius 1 is 0.957 bits per heavy atom. The molecule has 0 radical (unpaired) electrons. The van der Waals surface area contributed by atoms with Crippen molar-refractivity contribution in [3.05, 3.63) is 76.6 Å². The van der Waals surface area contributed by atoms with E-state index in [1.54, 1.807) is 0 Å². The molecule has 1 aromatic heterocycles. The van der Waals surface area contributed by atoms with Crippen LogP contribution in [0.4, 0.5) is 0 Å². The van der Waals surface area contributed by atoms with E-state index in [0.717, 1.165) is 5.56 Å². The quantitative estimate of drug-likeness (QED) is 0.389. The summed E-state index contributed by atoms with van der Waals surface area (Å²) in [5.74, 6) is 4.57. The summed E-state index contributed by atoms with van der Waals surface area (Å²) in [6, 6.07) is 18.5. The van der Waals surface area contributed by atoms with Crippen molar-refractivity contribution in [1.82, 2.24) is 15.6 Å². The number of nitrogens with zero attached hydrogens (tertiary/aromatic N) is 1. The maximum Gasteiger partial charge on any atom is 0.277 e. The van der Waals surface area contributed by atoms with Gasteiger partial charge in [0.25, 0.3) is 11.5 Å². The van der Waals surface area contributed by atoms with Gasteiger partial charge in [0.2, 0.25) is 0 Å². The SMILES string of the molecule is NNC(=O)c1c(-c2ccccc2)c(-c2ccccc2)n[nH]c1=O. The number of hydrogen-bond acceptors (Lipinski definition) is 4. The van der Waals surface area contributed by atoms with Crippen LogP contribution in [0.1, 0.15) is 10.4 Å². The first kappa shape index (κ1) is 14.7. The van der Waals surface area contributed by atoms with Crippen LogP contribution in [0.25, 0.3) is 22.4 Å². The molecule has 0 fully saturated rings. The highest BCUT2D eigenvalue weighted by molar-refractivity contribution is 6.03. The number of aromatic nitrogens is 2. The van der Waals surface area contributed by atoms with E-state index in [-0.39, 0.29) is 5.56 Å². The summed E-state index contributed by atoms with van der Waals surface area (Å²) in [6.07, 6.45) is 0. The second-order valence-corrected chi connectivity index (χ2v) is 4.86. The van der Waals surface area contributed by atoms with Crippen molar-refractivity contribution in [2.24, 2.45) is 5.84 Å². The first-order valence-electron chi connectivity index (χ1n) is 6.97. The van der Waals surface area contributed by atoms with E-state index < -0.39 is 11.5 Å². The number of carbonyl (C=O) groups is 1. The average Bonchev–Trinajstić information content (AvgIpc) is 2.62. The lowest BCUT2D eigenvalue weighted by Gasteiger charge is -2.12. The van der Waals surface area contributed by atoms with Crippen molar-refractivity contribution >= 4 is 5.91 Å². The van der Waals surface area contributed by atoms with Gasteiger partial charge in [-0.2, -0.15) is 5.10 Å². The van der Waals surface area contributed by atoms with Crippen molar-refractivity contribution in [2.75, 3.05) is 0 Å². The fourth-order valence-corrected chi connectivity index (χ4v) is 2.43. The third-order valence-electron chi connectivity index (χ3n) is 3.45. The van der Waals surface area contributed by atoms with E-state index in [2.05, 4.69) is 10.2 Å². The van der Waals surface area contributed by atoms with Gasteiger partial charge in [0, 0.05) is 11.1 Å². The minimum atomic E-state index is -0.662. The zero-order chi connectivity index (χ0) is 16.2. The molecule has 0 bridgehead atoms. The first-order valence-corrected chi connectivity index (χ1v) is 6.97. The van der Waals surface area contributed by atoms with Crippen molar-refractivity contribution < 1.29 is 4.79 Å². The molecule has 2 aromatic carbocycles. The first-order chi connectivity index (χ1) is 11.2. The number of nitrogens with one attached hydrogen (secondary N) is 2. The molecule has 0 aliphatic heterocycles. The molecule has 4 N–H and O–H groups in total. The highest BCUT2D eigenvalue weighted by atomic mass is 16.2. The van der Waals surface area contributed by atoms with Crippen LogP contribution in [0.15, 0.2) is 65.5 Å². The van der Waals surface area contributed by atoms with Crippen LogP contribution in [0.3, 0.4) is 0 Å². The number of carbonyl (C=O) groups excluding carboxylic acids is 1. The minimum Gasteiger partial charge on any atom is -0.290 e. The van der Waals surface area contributed by atoms with Crippen LogP contribution >= 0.6 is 0 Å². The lowest BCUT2D eigenvalue weighted by Crippen LogP contribution is -2.35. The summed E-state index contributed by atoms with van der Waals surface area (Å²) < 4.78 is 0. The van der Waals surface area contributed by atoms with Crippen LogP contribution in [0.2, 0.25) is 0 Å². The Morgan fingerprint density at radius 3 is 2.09 bits per heavy atom. The number of hydrazine groups is 1. The summed E-state index contributed by atoms with van der Waals surface area (Å²) in [6.45, 7) is 0. The van der Waals surface area contributed by atoms with E-state index in [9.17, 15) is 9.59 Å². The largest absolute Gasteiger partial charge is 0.290 e. The van der Waals surface area contributed by atoms with Crippen LogP contribution in [0.5, 0.6) is 0 Å². The molecule has 23 heavy (non-hydrogen) atoms. The number of hydrogen-bond donors (Lipinski definition) is 3. The predicted molar refractivity (Wildman–Crippen MR) is 87.4 cm³/mol. The average molecular weight is 306 g/mol. The second-order valence-electron chi connectivity index (χ2n) is 4.86. The third kappa shape index (κ3) is 2.75. The highest BCUT2D eigenvalue weighted by Crippen LogP contribution is 2.31. The molecule has 3 aromatic rings. The summed E-state index contributed by atoms with van der Waals surface area (Å²) in [4.78, 5) is 24.3. The van der Waals surface area contributed by atoms with Crippen molar-refractivity contribution in [3.63, 3.8) is 0 Å². The van der Waals surface area contributed by atoms with Gasteiger partial charge in [-0.05, 0) is 5.56 Å². The fourth-order valence-electron chi connectivity index (χ4n) is 2.43. The molecular formula is C17H14N4O2. The molecule has 0 saturated carbocycles. The molecule has 0 unspecified atom stereocenters. The van der Waals surface area contributed by atoms with Gasteiger partial charge in [-0.1, -0.05) is 60.7 Å². The van der Waals surface area contributed by atoms with E-state index in [0.29, 0.717) is 16.8 Å². The van der Waals surface area contributed by atoms with Gasteiger partial charge in [-0.3, -0.25) is 15.0 Å². The number of rotatable bonds is 3.